The van der Waals surface area contributed by atoms with Gasteiger partial charge in [-0.05, 0) is 68.9 Å². The maximum absolute atomic E-state index is 15.3. The lowest BCUT2D eigenvalue weighted by Gasteiger charge is -2.31. The highest BCUT2D eigenvalue weighted by molar-refractivity contribution is 7.21. The summed E-state index contributed by atoms with van der Waals surface area (Å²) >= 11 is 1.43. The summed E-state index contributed by atoms with van der Waals surface area (Å²) in [5.41, 5.74) is 5.20. The minimum atomic E-state index is -0.587. The number of thiazole rings is 1. The van der Waals surface area contributed by atoms with Crippen molar-refractivity contribution in [2.45, 2.75) is 58.2 Å². The number of fused-ring (bicyclic) bond motifs is 2. The van der Waals surface area contributed by atoms with Crippen LogP contribution in [0, 0.1) is 12.7 Å². The Morgan fingerprint density at radius 3 is 2.64 bits per heavy atom. The molecule has 1 aliphatic carbocycles. The van der Waals surface area contributed by atoms with Crippen molar-refractivity contribution in [1.29, 1.82) is 0 Å². The second-order valence-corrected chi connectivity index (χ2v) is 11.3. The zero-order chi connectivity index (χ0) is 29.2. The van der Waals surface area contributed by atoms with Gasteiger partial charge in [-0.3, -0.25) is 10.3 Å². The van der Waals surface area contributed by atoms with E-state index in [1.54, 1.807) is 31.6 Å². The quantitative estimate of drug-likeness (QED) is 0.212. The van der Waals surface area contributed by atoms with E-state index >= 15 is 4.39 Å². The fraction of sp³-hybridized carbons (Fsp3) is 0.323. The number of nitrogens with zero attached hydrogens (tertiary/aromatic N) is 4. The first kappa shape index (κ1) is 27.8. The lowest BCUT2D eigenvalue weighted by Crippen LogP contribution is -2.39. The number of pyridine rings is 1. The SMILES string of the molecule is CCc1ccc(NC(=O)O[C@H]2CCCC[C@H]2Oc2cc3sc(-c4cc(C)cc5nc(OC)cnc45)nc3cc2F)cn1. The summed E-state index contributed by atoms with van der Waals surface area (Å²) in [6, 6.07) is 10.6. The molecule has 1 amide bonds. The number of carbonyl (C=O) groups is 1. The van der Waals surface area contributed by atoms with Crippen molar-refractivity contribution in [1.82, 2.24) is 19.9 Å². The molecule has 42 heavy (non-hydrogen) atoms. The number of hydrogen-bond donors (Lipinski definition) is 1. The summed E-state index contributed by atoms with van der Waals surface area (Å²) in [4.78, 5) is 30.7. The summed E-state index contributed by atoms with van der Waals surface area (Å²) in [7, 11) is 1.55. The average molecular weight is 588 g/mol. The molecule has 0 saturated heterocycles. The van der Waals surface area contributed by atoms with E-state index in [2.05, 4.69) is 20.3 Å². The predicted molar refractivity (Wildman–Crippen MR) is 160 cm³/mol. The number of ether oxygens (including phenoxy) is 3. The second kappa shape index (κ2) is 11.8. The van der Waals surface area contributed by atoms with Crippen LogP contribution < -0.4 is 14.8 Å². The smallest absolute Gasteiger partial charge is 0.412 e. The van der Waals surface area contributed by atoms with Crippen LogP contribution in [0.25, 0.3) is 31.8 Å². The Hall–Kier alpha value is -4.38. The fourth-order valence-electron chi connectivity index (χ4n) is 5.13. The van der Waals surface area contributed by atoms with E-state index in [1.807, 2.05) is 32.0 Å². The number of aromatic nitrogens is 4. The van der Waals surface area contributed by atoms with E-state index in [0.29, 0.717) is 46.0 Å². The molecular weight excluding hydrogens is 557 g/mol. The van der Waals surface area contributed by atoms with Crippen molar-refractivity contribution in [2.24, 2.45) is 0 Å². The third-order valence-electron chi connectivity index (χ3n) is 7.26. The molecule has 1 N–H and O–H groups in total. The van der Waals surface area contributed by atoms with Crippen LogP contribution >= 0.6 is 11.3 Å². The maximum atomic E-state index is 15.3. The standard InChI is InChI=1S/C31H30FN5O4S/c1-4-18-9-10-19(15-33-18)35-31(38)41-25-8-6-5-7-24(25)40-26-14-27-22(13-21(26)32)37-30(42-27)20-11-17(2)12-23-29(20)34-16-28(36-23)39-3/h9-16,24-25H,4-8H2,1-3H3,(H,35,38)/t24-,25+/m1/s1. The van der Waals surface area contributed by atoms with Gasteiger partial charge in [0.2, 0.25) is 5.88 Å². The van der Waals surface area contributed by atoms with Crippen molar-refractivity contribution in [3.63, 3.8) is 0 Å². The van der Waals surface area contributed by atoms with Crippen molar-refractivity contribution in [3.05, 3.63) is 65.9 Å². The molecule has 2 atom stereocenters. The number of benzene rings is 2. The molecule has 11 heteroatoms. The molecule has 216 valence electrons. The zero-order valence-corrected chi connectivity index (χ0v) is 24.3. The van der Waals surface area contributed by atoms with Crippen LogP contribution in [-0.2, 0) is 11.2 Å². The van der Waals surface area contributed by atoms with Gasteiger partial charge in [0.1, 0.15) is 17.2 Å². The topological polar surface area (TPSA) is 108 Å². The Balaban J connectivity index is 1.22. The lowest BCUT2D eigenvalue weighted by molar-refractivity contribution is -0.00440. The molecular formula is C31H30FN5O4S. The van der Waals surface area contributed by atoms with E-state index in [-0.39, 0.29) is 5.75 Å². The van der Waals surface area contributed by atoms with Crippen LogP contribution in [0.4, 0.5) is 14.9 Å². The van der Waals surface area contributed by atoms with Gasteiger partial charge in [-0.2, -0.15) is 0 Å². The first-order valence-electron chi connectivity index (χ1n) is 13.9. The largest absolute Gasteiger partial charge is 0.483 e. The van der Waals surface area contributed by atoms with Crippen LogP contribution in [-0.4, -0.2) is 45.3 Å². The number of anilines is 1. The predicted octanol–water partition coefficient (Wildman–Crippen LogP) is 7.26. The number of hydrogen-bond acceptors (Lipinski definition) is 9. The van der Waals surface area contributed by atoms with Crippen LogP contribution in [0.3, 0.4) is 0 Å². The number of halogens is 1. The van der Waals surface area contributed by atoms with Crippen LogP contribution in [0.1, 0.15) is 43.9 Å². The first-order valence-corrected chi connectivity index (χ1v) is 14.7. The Morgan fingerprint density at radius 1 is 1.05 bits per heavy atom. The van der Waals surface area contributed by atoms with E-state index in [1.165, 1.54) is 17.4 Å². The van der Waals surface area contributed by atoms with E-state index in [4.69, 9.17) is 19.2 Å². The van der Waals surface area contributed by atoms with Gasteiger partial charge in [-0.15, -0.1) is 11.3 Å². The molecule has 1 saturated carbocycles. The second-order valence-electron chi connectivity index (χ2n) is 10.3. The van der Waals surface area contributed by atoms with Crippen molar-refractivity contribution < 1.29 is 23.4 Å². The fourth-order valence-corrected chi connectivity index (χ4v) is 6.13. The van der Waals surface area contributed by atoms with E-state index < -0.39 is 24.1 Å². The summed E-state index contributed by atoms with van der Waals surface area (Å²) in [5.74, 6) is 0.0164. The molecule has 2 aromatic carbocycles. The normalized spacial score (nSPS) is 16.9. The molecule has 5 aromatic rings. The molecule has 0 spiro atoms. The lowest BCUT2D eigenvalue weighted by atomic mass is 9.94. The van der Waals surface area contributed by atoms with Gasteiger partial charge in [-0.1, -0.05) is 6.92 Å². The van der Waals surface area contributed by atoms with Gasteiger partial charge in [-0.25, -0.2) is 24.1 Å². The van der Waals surface area contributed by atoms with E-state index in [9.17, 15) is 4.79 Å². The molecule has 9 nitrogen and oxygen atoms in total. The highest BCUT2D eigenvalue weighted by atomic mass is 32.1. The highest BCUT2D eigenvalue weighted by Gasteiger charge is 2.31. The number of methoxy groups -OCH3 is 1. The number of rotatable bonds is 7. The van der Waals surface area contributed by atoms with Crippen molar-refractivity contribution in [3.8, 4) is 22.2 Å². The third kappa shape index (κ3) is 5.82. The zero-order valence-electron chi connectivity index (χ0n) is 23.5. The Bertz CT molecular complexity index is 1760. The van der Waals surface area contributed by atoms with Crippen molar-refractivity contribution >= 4 is 44.4 Å². The van der Waals surface area contributed by atoms with Crippen LogP contribution in [0.15, 0.2) is 48.8 Å². The summed E-state index contributed by atoms with van der Waals surface area (Å²) in [6.07, 6.45) is 5.48. The minimum absolute atomic E-state index is 0.108. The Labute approximate surface area is 246 Å². The van der Waals surface area contributed by atoms with E-state index in [0.717, 1.165) is 40.8 Å². The summed E-state index contributed by atoms with van der Waals surface area (Å²) < 4.78 is 33.2. The number of aryl methyl sites for hydroxylation is 2. The van der Waals surface area contributed by atoms with Crippen LogP contribution in [0.5, 0.6) is 11.6 Å². The van der Waals surface area contributed by atoms with Crippen molar-refractivity contribution in [2.75, 3.05) is 12.4 Å². The van der Waals surface area contributed by atoms with Gasteiger partial charge in [0.05, 0.1) is 46.4 Å². The number of nitrogens with one attached hydrogen (secondary N) is 1. The minimum Gasteiger partial charge on any atom is -0.483 e. The van der Waals surface area contributed by atoms with Gasteiger partial charge in [0.25, 0.3) is 0 Å². The van der Waals surface area contributed by atoms with Gasteiger partial charge >= 0.3 is 6.09 Å². The van der Waals surface area contributed by atoms with Crippen LogP contribution in [0.2, 0.25) is 0 Å². The molecule has 0 radical (unpaired) electrons. The molecule has 0 bridgehead atoms. The number of carbonyl (C=O) groups excluding carboxylic acids is 1. The summed E-state index contributed by atoms with van der Waals surface area (Å²) in [5, 5.41) is 3.43. The molecule has 3 heterocycles. The molecule has 3 aromatic heterocycles. The average Bonchev–Trinajstić information content (AvgIpc) is 3.40. The van der Waals surface area contributed by atoms with Gasteiger partial charge in [0, 0.05) is 23.4 Å². The maximum Gasteiger partial charge on any atom is 0.412 e. The monoisotopic (exact) mass is 587 g/mol. The first-order chi connectivity index (χ1) is 20.4. The molecule has 1 fully saturated rings. The highest BCUT2D eigenvalue weighted by Crippen LogP contribution is 2.38. The summed E-state index contributed by atoms with van der Waals surface area (Å²) in [6.45, 7) is 3.99. The Morgan fingerprint density at radius 2 is 1.88 bits per heavy atom. The van der Waals surface area contributed by atoms with Gasteiger partial charge < -0.3 is 14.2 Å². The molecule has 1 aliphatic rings. The molecule has 0 unspecified atom stereocenters. The van der Waals surface area contributed by atoms with Gasteiger partial charge in [0.15, 0.2) is 11.6 Å². The number of amides is 1. The molecule has 6 rings (SSSR count). The molecule has 0 aliphatic heterocycles. The Kier molecular flexibility index (Phi) is 7.84. The third-order valence-corrected chi connectivity index (χ3v) is 8.31.